The summed E-state index contributed by atoms with van der Waals surface area (Å²) in [7, 11) is 2.33. The quantitative estimate of drug-likeness (QED) is 0.721. The Labute approximate surface area is 112 Å². The number of thioether (sulfide) groups is 1. The fraction of sp³-hybridized carbons (Fsp3) is 1.00. The summed E-state index contributed by atoms with van der Waals surface area (Å²) in [5.41, 5.74) is 0. The van der Waals surface area contributed by atoms with Crippen LogP contribution < -0.4 is 5.32 Å². The molecule has 1 rings (SSSR count). The van der Waals surface area contributed by atoms with E-state index in [1.165, 1.54) is 30.8 Å². The molecule has 102 valence electrons. The Balaban J connectivity index is 2.34. The molecule has 0 aromatic rings. The maximum atomic E-state index is 3.63. The van der Waals surface area contributed by atoms with Crippen molar-refractivity contribution in [1.82, 2.24) is 10.2 Å². The zero-order valence-electron chi connectivity index (χ0n) is 12.0. The third-order valence-corrected chi connectivity index (χ3v) is 4.76. The molecule has 0 bridgehead atoms. The Hall–Kier alpha value is 0.270. The molecule has 3 heteroatoms. The molecule has 1 aliphatic heterocycles. The van der Waals surface area contributed by atoms with Gasteiger partial charge in [0.05, 0.1) is 0 Å². The molecule has 0 aromatic heterocycles. The van der Waals surface area contributed by atoms with Gasteiger partial charge in [-0.15, -0.1) is 0 Å². The smallest absolute Gasteiger partial charge is 0.0220 e. The minimum Gasteiger partial charge on any atom is -0.315 e. The molecule has 1 heterocycles. The van der Waals surface area contributed by atoms with Crippen LogP contribution in [0, 0.1) is 5.92 Å². The third kappa shape index (κ3) is 5.62. The first-order valence-electron chi connectivity index (χ1n) is 7.15. The molecule has 1 fully saturated rings. The zero-order chi connectivity index (χ0) is 12.7. The van der Waals surface area contributed by atoms with Crippen LogP contribution in [0.1, 0.15) is 40.0 Å². The minimum absolute atomic E-state index is 0.724. The third-order valence-electron chi connectivity index (χ3n) is 3.61. The molecule has 0 saturated carbocycles. The molecular weight excluding hydrogens is 228 g/mol. The zero-order valence-corrected chi connectivity index (χ0v) is 12.9. The Morgan fingerprint density at radius 2 is 2.12 bits per heavy atom. The summed E-state index contributed by atoms with van der Waals surface area (Å²) in [6.07, 6.45) is 3.99. The first-order valence-corrected chi connectivity index (χ1v) is 8.31. The maximum Gasteiger partial charge on any atom is 0.0220 e. The van der Waals surface area contributed by atoms with Crippen molar-refractivity contribution in [3.05, 3.63) is 0 Å². The highest BCUT2D eigenvalue weighted by molar-refractivity contribution is 7.99. The van der Waals surface area contributed by atoms with Crippen molar-refractivity contribution in [2.45, 2.75) is 52.1 Å². The SMILES string of the molecule is CCCC(CNCC(C)C)N(C)C1CCSC1. The molecule has 2 atom stereocenters. The fourth-order valence-corrected chi connectivity index (χ4v) is 3.74. The molecule has 0 amide bonds. The van der Waals surface area contributed by atoms with E-state index in [9.17, 15) is 0 Å². The second-order valence-corrected chi connectivity index (χ2v) is 6.83. The summed E-state index contributed by atoms with van der Waals surface area (Å²) < 4.78 is 0. The lowest BCUT2D eigenvalue weighted by Gasteiger charge is -2.33. The topological polar surface area (TPSA) is 15.3 Å². The summed E-state index contributed by atoms with van der Waals surface area (Å²) in [5.74, 6) is 3.44. The Kier molecular flexibility index (Phi) is 7.56. The van der Waals surface area contributed by atoms with Crippen molar-refractivity contribution >= 4 is 11.8 Å². The number of likely N-dealkylation sites (N-methyl/N-ethyl adjacent to an activating group) is 1. The van der Waals surface area contributed by atoms with E-state index in [-0.39, 0.29) is 0 Å². The van der Waals surface area contributed by atoms with Crippen molar-refractivity contribution < 1.29 is 0 Å². The Morgan fingerprint density at radius 1 is 1.35 bits per heavy atom. The molecule has 0 spiro atoms. The molecule has 17 heavy (non-hydrogen) atoms. The monoisotopic (exact) mass is 258 g/mol. The van der Waals surface area contributed by atoms with Gasteiger partial charge in [0.2, 0.25) is 0 Å². The summed E-state index contributed by atoms with van der Waals surface area (Å²) >= 11 is 2.11. The van der Waals surface area contributed by atoms with Gasteiger partial charge in [0, 0.05) is 24.4 Å². The second-order valence-electron chi connectivity index (χ2n) is 5.68. The van der Waals surface area contributed by atoms with E-state index >= 15 is 0 Å². The van der Waals surface area contributed by atoms with Gasteiger partial charge in [-0.05, 0) is 38.1 Å². The van der Waals surface area contributed by atoms with Crippen molar-refractivity contribution in [2.24, 2.45) is 5.92 Å². The fourth-order valence-electron chi connectivity index (χ4n) is 2.46. The average molecular weight is 258 g/mol. The molecule has 1 saturated heterocycles. The van der Waals surface area contributed by atoms with Crippen LogP contribution in [-0.2, 0) is 0 Å². The van der Waals surface area contributed by atoms with Gasteiger partial charge in [0.15, 0.2) is 0 Å². The van der Waals surface area contributed by atoms with Gasteiger partial charge >= 0.3 is 0 Å². The van der Waals surface area contributed by atoms with Crippen LogP contribution in [0.15, 0.2) is 0 Å². The lowest BCUT2D eigenvalue weighted by molar-refractivity contribution is 0.172. The minimum atomic E-state index is 0.724. The van der Waals surface area contributed by atoms with Crippen LogP contribution in [0.25, 0.3) is 0 Å². The van der Waals surface area contributed by atoms with Crippen molar-refractivity contribution in [3.63, 3.8) is 0 Å². The average Bonchev–Trinajstić information content (AvgIpc) is 2.80. The summed E-state index contributed by atoms with van der Waals surface area (Å²) in [6.45, 7) is 9.15. The van der Waals surface area contributed by atoms with Crippen LogP contribution in [0.4, 0.5) is 0 Å². The number of hydrogen-bond donors (Lipinski definition) is 1. The standard InChI is InChI=1S/C14H30N2S/c1-5-6-13(10-15-9-12(2)3)16(4)14-7-8-17-11-14/h12-15H,5-11H2,1-4H3. The normalized spacial score (nSPS) is 22.6. The molecule has 1 aliphatic rings. The van der Waals surface area contributed by atoms with E-state index in [1.807, 2.05) is 0 Å². The van der Waals surface area contributed by atoms with Gasteiger partial charge < -0.3 is 5.32 Å². The summed E-state index contributed by atoms with van der Waals surface area (Å²) in [4.78, 5) is 2.64. The largest absolute Gasteiger partial charge is 0.315 e. The molecule has 2 unspecified atom stereocenters. The number of nitrogens with one attached hydrogen (secondary N) is 1. The predicted molar refractivity (Wildman–Crippen MR) is 79.9 cm³/mol. The van der Waals surface area contributed by atoms with E-state index in [2.05, 4.69) is 49.8 Å². The molecule has 0 radical (unpaired) electrons. The first kappa shape index (κ1) is 15.3. The van der Waals surface area contributed by atoms with E-state index in [0.29, 0.717) is 0 Å². The number of hydrogen-bond acceptors (Lipinski definition) is 3. The van der Waals surface area contributed by atoms with Gasteiger partial charge in [0.1, 0.15) is 0 Å². The highest BCUT2D eigenvalue weighted by Gasteiger charge is 2.25. The summed E-state index contributed by atoms with van der Waals surface area (Å²) in [6, 6.07) is 1.54. The van der Waals surface area contributed by atoms with E-state index in [1.54, 1.807) is 0 Å². The van der Waals surface area contributed by atoms with Crippen LogP contribution in [0.3, 0.4) is 0 Å². The first-order chi connectivity index (χ1) is 8.15. The van der Waals surface area contributed by atoms with Crippen molar-refractivity contribution in [2.75, 3.05) is 31.6 Å². The van der Waals surface area contributed by atoms with Crippen LogP contribution in [-0.4, -0.2) is 48.6 Å². The van der Waals surface area contributed by atoms with E-state index in [4.69, 9.17) is 0 Å². The highest BCUT2D eigenvalue weighted by atomic mass is 32.2. The number of rotatable bonds is 8. The van der Waals surface area contributed by atoms with Crippen LogP contribution in [0.5, 0.6) is 0 Å². The van der Waals surface area contributed by atoms with Gasteiger partial charge in [-0.2, -0.15) is 11.8 Å². The summed E-state index contributed by atoms with van der Waals surface area (Å²) in [5, 5.41) is 3.63. The lowest BCUT2D eigenvalue weighted by atomic mass is 10.1. The van der Waals surface area contributed by atoms with Gasteiger partial charge in [-0.25, -0.2) is 0 Å². The van der Waals surface area contributed by atoms with Gasteiger partial charge in [-0.3, -0.25) is 4.90 Å². The molecule has 2 nitrogen and oxygen atoms in total. The molecule has 0 aliphatic carbocycles. The molecular formula is C14H30N2S. The highest BCUT2D eigenvalue weighted by Crippen LogP contribution is 2.23. The lowest BCUT2D eigenvalue weighted by Crippen LogP contribution is -2.46. The van der Waals surface area contributed by atoms with Crippen molar-refractivity contribution in [3.8, 4) is 0 Å². The van der Waals surface area contributed by atoms with Crippen LogP contribution >= 0.6 is 11.8 Å². The second kappa shape index (κ2) is 8.39. The van der Waals surface area contributed by atoms with Gasteiger partial charge in [-0.1, -0.05) is 27.2 Å². The molecule has 1 N–H and O–H groups in total. The van der Waals surface area contributed by atoms with Crippen molar-refractivity contribution in [1.29, 1.82) is 0 Å². The Bertz CT molecular complexity index is 191. The maximum absolute atomic E-state index is 3.63. The number of nitrogens with zero attached hydrogens (tertiary/aromatic N) is 1. The van der Waals surface area contributed by atoms with Gasteiger partial charge in [0.25, 0.3) is 0 Å². The van der Waals surface area contributed by atoms with E-state index in [0.717, 1.165) is 31.1 Å². The van der Waals surface area contributed by atoms with Crippen LogP contribution in [0.2, 0.25) is 0 Å². The Morgan fingerprint density at radius 3 is 2.65 bits per heavy atom. The van der Waals surface area contributed by atoms with E-state index < -0.39 is 0 Å². The molecule has 0 aromatic carbocycles. The predicted octanol–water partition coefficient (Wildman–Crippen LogP) is 2.84.